The third kappa shape index (κ3) is 11.0. The maximum Gasteiger partial charge on any atom is 0.0558 e. The van der Waals surface area contributed by atoms with Gasteiger partial charge in [-0.05, 0) is 6.54 Å². The Morgan fingerprint density at radius 3 is 1.00 bits per heavy atom. The molecule has 0 bridgehead atoms. The molecule has 0 saturated heterocycles. The highest BCUT2D eigenvalue weighted by molar-refractivity contribution is 4.65. The van der Waals surface area contributed by atoms with E-state index in [2.05, 4.69) is 11.8 Å². The van der Waals surface area contributed by atoms with Gasteiger partial charge in [0.1, 0.15) is 0 Å². The molecule has 0 spiro atoms. The van der Waals surface area contributed by atoms with Crippen LogP contribution in [0.1, 0.15) is 6.92 Å². The molecular formula is C14H33N3O4. The van der Waals surface area contributed by atoms with Gasteiger partial charge in [0.15, 0.2) is 0 Å². The van der Waals surface area contributed by atoms with E-state index < -0.39 is 0 Å². The molecule has 0 fully saturated rings. The lowest BCUT2D eigenvalue weighted by Crippen LogP contribution is -2.42. The third-order valence-corrected chi connectivity index (χ3v) is 3.58. The normalized spacial score (nSPS) is 12.0. The number of aliphatic hydroxyl groups is 4. The summed E-state index contributed by atoms with van der Waals surface area (Å²) in [7, 11) is 0. The van der Waals surface area contributed by atoms with E-state index in [1.807, 2.05) is 9.80 Å². The number of aliphatic hydroxyl groups excluding tert-OH is 4. The van der Waals surface area contributed by atoms with Crippen LogP contribution < -0.4 is 0 Å². The Morgan fingerprint density at radius 1 is 0.476 bits per heavy atom. The fourth-order valence-electron chi connectivity index (χ4n) is 2.23. The lowest BCUT2D eigenvalue weighted by Gasteiger charge is -2.28. The zero-order chi connectivity index (χ0) is 15.9. The highest BCUT2D eigenvalue weighted by atomic mass is 16.3. The first-order valence-electron chi connectivity index (χ1n) is 7.82. The van der Waals surface area contributed by atoms with E-state index in [0.717, 1.165) is 32.7 Å². The summed E-state index contributed by atoms with van der Waals surface area (Å²) in [6.45, 7) is 9.16. The van der Waals surface area contributed by atoms with Crippen LogP contribution in [0.3, 0.4) is 0 Å². The van der Waals surface area contributed by atoms with Gasteiger partial charge in [-0.2, -0.15) is 0 Å². The number of hydrogen-bond donors (Lipinski definition) is 4. The van der Waals surface area contributed by atoms with Crippen LogP contribution in [0, 0.1) is 0 Å². The van der Waals surface area contributed by atoms with Crippen LogP contribution in [0.15, 0.2) is 0 Å². The van der Waals surface area contributed by atoms with Crippen molar-refractivity contribution in [3.63, 3.8) is 0 Å². The zero-order valence-corrected chi connectivity index (χ0v) is 13.3. The molecule has 0 aliphatic carbocycles. The molecule has 0 aliphatic rings. The SMILES string of the molecule is CCN(CCN(CCO)CCO)CCN(CCO)CCO. The van der Waals surface area contributed by atoms with Crippen LogP contribution in [0.25, 0.3) is 0 Å². The second kappa shape index (κ2) is 14.6. The Morgan fingerprint density at radius 2 is 0.762 bits per heavy atom. The second-order valence-electron chi connectivity index (χ2n) is 5.01. The van der Waals surface area contributed by atoms with Crippen LogP contribution in [-0.2, 0) is 0 Å². The molecule has 7 heteroatoms. The standard InChI is InChI=1S/C14H33N3O4/c1-2-15(3-5-16(7-11-18)8-12-19)4-6-17(9-13-20)10-14-21/h18-21H,2-14H2,1H3. The van der Waals surface area contributed by atoms with Gasteiger partial charge in [0.05, 0.1) is 26.4 Å². The van der Waals surface area contributed by atoms with Crippen LogP contribution >= 0.6 is 0 Å². The predicted molar refractivity (Wildman–Crippen MR) is 83.3 cm³/mol. The van der Waals surface area contributed by atoms with Gasteiger partial charge >= 0.3 is 0 Å². The highest BCUT2D eigenvalue weighted by Crippen LogP contribution is 1.95. The second-order valence-corrected chi connectivity index (χ2v) is 5.01. The minimum Gasteiger partial charge on any atom is -0.395 e. The monoisotopic (exact) mass is 307 g/mol. The lowest BCUT2D eigenvalue weighted by atomic mass is 10.3. The van der Waals surface area contributed by atoms with Crippen LogP contribution in [-0.4, -0.2) is 120 Å². The minimum atomic E-state index is 0.104. The van der Waals surface area contributed by atoms with Crippen molar-refractivity contribution in [2.45, 2.75) is 6.92 Å². The van der Waals surface area contributed by atoms with Gasteiger partial charge < -0.3 is 25.3 Å². The largest absolute Gasteiger partial charge is 0.395 e. The van der Waals surface area contributed by atoms with Crippen molar-refractivity contribution in [3.8, 4) is 0 Å². The van der Waals surface area contributed by atoms with E-state index in [1.165, 1.54) is 0 Å². The Balaban J connectivity index is 4.06. The highest BCUT2D eigenvalue weighted by Gasteiger charge is 2.10. The van der Waals surface area contributed by atoms with E-state index in [0.29, 0.717) is 26.2 Å². The first kappa shape index (κ1) is 20.7. The molecule has 0 amide bonds. The first-order chi connectivity index (χ1) is 10.2. The Hall–Kier alpha value is -0.280. The summed E-state index contributed by atoms with van der Waals surface area (Å²) < 4.78 is 0. The molecule has 0 heterocycles. The van der Waals surface area contributed by atoms with Crippen LogP contribution in [0.4, 0.5) is 0 Å². The molecule has 0 unspecified atom stereocenters. The van der Waals surface area contributed by atoms with E-state index in [1.54, 1.807) is 0 Å². The lowest BCUT2D eigenvalue weighted by molar-refractivity contribution is 0.126. The fourth-order valence-corrected chi connectivity index (χ4v) is 2.23. The third-order valence-electron chi connectivity index (χ3n) is 3.58. The summed E-state index contributed by atoms with van der Waals surface area (Å²) in [5.74, 6) is 0. The molecule has 21 heavy (non-hydrogen) atoms. The number of hydrogen-bond acceptors (Lipinski definition) is 7. The van der Waals surface area contributed by atoms with E-state index in [9.17, 15) is 0 Å². The summed E-state index contributed by atoms with van der Waals surface area (Å²) in [6, 6.07) is 0. The summed E-state index contributed by atoms with van der Waals surface area (Å²) in [5, 5.41) is 36.0. The number of likely N-dealkylation sites (N-methyl/N-ethyl adjacent to an activating group) is 1. The van der Waals surface area contributed by atoms with E-state index in [-0.39, 0.29) is 26.4 Å². The number of rotatable bonds is 15. The molecule has 0 aromatic carbocycles. The molecule has 0 aromatic rings. The molecule has 0 rings (SSSR count). The fraction of sp³-hybridized carbons (Fsp3) is 1.00. The molecule has 0 atom stereocenters. The van der Waals surface area contributed by atoms with Gasteiger partial charge in [0, 0.05) is 52.4 Å². The van der Waals surface area contributed by atoms with Crippen molar-refractivity contribution in [1.29, 1.82) is 0 Å². The van der Waals surface area contributed by atoms with Gasteiger partial charge in [-0.1, -0.05) is 6.92 Å². The molecule has 4 N–H and O–H groups in total. The quantitative estimate of drug-likeness (QED) is 0.275. The average molecular weight is 307 g/mol. The maximum absolute atomic E-state index is 8.99. The summed E-state index contributed by atoms with van der Waals surface area (Å²) >= 11 is 0. The van der Waals surface area contributed by atoms with Crippen LogP contribution in [0.5, 0.6) is 0 Å². The summed E-state index contributed by atoms with van der Waals surface area (Å²) in [5.41, 5.74) is 0. The van der Waals surface area contributed by atoms with Crippen molar-refractivity contribution in [1.82, 2.24) is 14.7 Å². The zero-order valence-electron chi connectivity index (χ0n) is 13.3. The Kier molecular flexibility index (Phi) is 14.5. The first-order valence-corrected chi connectivity index (χ1v) is 7.82. The average Bonchev–Trinajstić information content (AvgIpc) is 2.48. The molecular weight excluding hydrogens is 274 g/mol. The smallest absolute Gasteiger partial charge is 0.0558 e. The van der Waals surface area contributed by atoms with Crippen LogP contribution in [0.2, 0.25) is 0 Å². The minimum absolute atomic E-state index is 0.104. The van der Waals surface area contributed by atoms with Crippen molar-refractivity contribution >= 4 is 0 Å². The predicted octanol–water partition coefficient (Wildman–Crippen LogP) is -2.12. The molecule has 0 radical (unpaired) electrons. The van der Waals surface area contributed by atoms with Gasteiger partial charge in [0.25, 0.3) is 0 Å². The topological polar surface area (TPSA) is 90.6 Å². The molecule has 0 aliphatic heterocycles. The summed E-state index contributed by atoms with van der Waals surface area (Å²) in [4.78, 5) is 6.38. The Bertz CT molecular complexity index is 190. The molecule has 0 aromatic heterocycles. The van der Waals surface area contributed by atoms with Gasteiger partial charge in [-0.3, -0.25) is 9.80 Å². The Labute approximate surface area is 128 Å². The molecule has 7 nitrogen and oxygen atoms in total. The van der Waals surface area contributed by atoms with Crippen molar-refractivity contribution in [2.24, 2.45) is 0 Å². The van der Waals surface area contributed by atoms with Gasteiger partial charge in [0.2, 0.25) is 0 Å². The van der Waals surface area contributed by atoms with Crippen molar-refractivity contribution < 1.29 is 20.4 Å². The van der Waals surface area contributed by atoms with Crippen molar-refractivity contribution in [3.05, 3.63) is 0 Å². The molecule has 0 saturated carbocycles. The summed E-state index contributed by atoms with van der Waals surface area (Å²) in [6.07, 6.45) is 0. The van der Waals surface area contributed by atoms with Crippen molar-refractivity contribution in [2.75, 3.05) is 85.3 Å². The maximum atomic E-state index is 8.99. The van der Waals surface area contributed by atoms with Gasteiger partial charge in [-0.15, -0.1) is 0 Å². The van der Waals surface area contributed by atoms with Gasteiger partial charge in [-0.25, -0.2) is 0 Å². The molecule has 128 valence electrons. The number of nitrogens with zero attached hydrogens (tertiary/aromatic N) is 3. The van der Waals surface area contributed by atoms with E-state index in [4.69, 9.17) is 20.4 Å². The van der Waals surface area contributed by atoms with E-state index >= 15 is 0 Å².